The van der Waals surface area contributed by atoms with Crippen molar-refractivity contribution in [3.05, 3.63) is 40.6 Å². The molecule has 22 heavy (non-hydrogen) atoms. The maximum absolute atomic E-state index is 4.99. The summed E-state index contributed by atoms with van der Waals surface area (Å²) in [5, 5.41) is 8.62. The second-order valence-electron chi connectivity index (χ2n) is 6.96. The summed E-state index contributed by atoms with van der Waals surface area (Å²) in [5.74, 6) is 1.86. The highest BCUT2D eigenvalue weighted by molar-refractivity contribution is 5.56. The smallest absolute Gasteiger partial charge is 0.133 e. The van der Waals surface area contributed by atoms with Crippen molar-refractivity contribution in [2.75, 3.05) is 11.9 Å². The topological polar surface area (TPSA) is 29.9 Å². The summed E-state index contributed by atoms with van der Waals surface area (Å²) in [7, 11) is 0. The Bertz CT molecular complexity index is 668. The van der Waals surface area contributed by atoms with Gasteiger partial charge in [0.15, 0.2) is 0 Å². The normalized spacial score (nSPS) is 14.6. The van der Waals surface area contributed by atoms with E-state index >= 15 is 0 Å². The highest BCUT2D eigenvalue weighted by Crippen LogP contribution is 2.30. The fourth-order valence-corrected chi connectivity index (χ4v) is 3.34. The number of benzene rings is 1. The van der Waals surface area contributed by atoms with Crippen molar-refractivity contribution in [1.29, 1.82) is 0 Å². The summed E-state index contributed by atoms with van der Waals surface area (Å²) in [6.07, 6.45) is 4.70. The van der Waals surface area contributed by atoms with E-state index in [9.17, 15) is 0 Å². The minimum atomic E-state index is 0.634. The van der Waals surface area contributed by atoms with Crippen molar-refractivity contribution in [3.8, 4) is 5.69 Å². The average Bonchev–Trinajstić information content (AvgIpc) is 2.63. The molecular formula is C19H27N3. The van der Waals surface area contributed by atoms with Crippen molar-refractivity contribution >= 4 is 5.82 Å². The van der Waals surface area contributed by atoms with Gasteiger partial charge in [-0.3, -0.25) is 0 Å². The molecule has 1 aliphatic rings. The summed E-state index contributed by atoms with van der Waals surface area (Å²) in [4.78, 5) is 0. The van der Waals surface area contributed by atoms with Crippen LogP contribution in [0.5, 0.6) is 0 Å². The summed E-state index contributed by atoms with van der Waals surface area (Å²) in [5.41, 5.74) is 6.50. The molecule has 0 saturated carbocycles. The Kier molecular flexibility index (Phi) is 4.23. The van der Waals surface area contributed by atoms with Crippen molar-refractivity contribution in [3.63, 3.8) is 0 Å². The molecule has 0 atom stereocenters. The van der Waals surface area contributed by atoms with Gasteiger partial charge in [0.25, 0.3) is 0 Å². The first-order valence-electron chi connectivity index (χ1n) is 8.48. The van der Waals surface area contributed by atoms with E-state index in [-0.39, 0.29) is 0 Å². The number of nitrogens with one attached hydrogen (secondary N) is 1. The van der Waals surface area contributed by atoms with E-state index < -0.39 is 0 Å². The van der Waals surface area contributed by atoms with E-state index in [4.69, 9.17) is 5.10 Å². The fraction of sp³-hybridized carbons (Fsp3) is 0.526. The lowest BCUT2D eigenvalue weighted by Gasteiger charge is -2.12. The number of nitrogens with zero attached hydrogens (tertiary/aromatic N) is 2. The van der Waals surface area contributed by atoms with Crippen LogP contribution in [-0.2, 0) is 12.8 Å². The minimum Gasteiger partial charge on any atom is -0.370 e. The second kappa shape index (κ2) is 6.15. The predicted octanol–water partition coefficient (Wildman–Crippen LogP) is 4.44. The van der Waals surface area contributed by atoms with Crippen molar-refractivity contribution < 1.29 is 0 Å². The number of hydrogen-bond donors (Lipinski definition) is 1. The highest BCUT2D eigenvalue weighted by atomic mass is 15.3. The summed E-state index contributed by atoms with van der Waals surface area (Å²) in [6.45, 7) is 9.90. The standard InChI is InChI=1S/C19H27N3/c1-13(2)11-17-16-7-5-6-10-20-19(16)22(21-17)18-9-8-14(3)12-15(18)4/h8-9,12-13,20H,5-7,10-11H2,1-4H3. The maximum atomic E-state index is 4.99. The minimum absolute atomic E-state index is 0.634. The van der Waals surface area contributed by atoms with E-state index in [0.29, 0.717) is 5.92 Å². The molecule has 0 amide bonds. The third kappa shape index (κ3) is 2.90. The van der Waals surface area contributed by atoms with Crippen LogP contribution in [-0.4, -0.2) is 16.3 Å². The third-order valence-electron chi connectivity index (χ3n) is 4.39. The summed E-state index contributed by atoms with van der Waals surface area (Å²) >= 11 is 0. The molecule has 3 nitrogen and oxygen atoms in total. The van der Waals surface area contributed by atoms with Crippen LogP contribution >= 0.6 is 0 Å². The number of rotatable bonds is 3. The molecule has 0 spiro atoms. The van der Waals surface area contributed by atoms with E-state index in [1.165, 1.54) is 46.7 Å². The first kappa shape index (κ1) is 15.1. The van der Waals surface area contributed by atoms with Gasteiger partial charge in [-0.2, -0.15) is 5.10 Å². The van der Waals surface area contributed by atoms with E-state index in [1.54, 1.807) is 0 Å². The van der Waals surface area contributed by atoms with E-state index in [1.807, 2.05) is 0 Å². The SMILES string of the molecule is Cc1ccc(-n2nc(CC(C)C)c3c2NCCCC3)c(C)c1. The summed E-state index contributed by atoms with van der Waals surface area (Å²) in [6, 6.07) is 6.61. The quantitative estimate of drug-likeness (QED) is 0.908. The van der Waals surface area contributed by atoms with Crippen LogP contribution in [0.3, 0.4) is 0 Å². The zero-order valence-corrected chi connectivity index (χ0v) is 14.2. The first-order chi connectivity index (χ1) is 10.6. The van der Waals surface area contributed by atoms with Crippen molar-refractivity contribution in [2.45, 2.75) is 53.4 Å². The van der Waals surface area contributed by atoms with Gasteiger partial charge in [0.05, 0.1) is 11.4 Å². The molecule has 0 unspecified atom stereocenters. The summed E-state index contributed by atoms with van der Waals surface area (Å²) < 4.78 is 2.15. The van der Waals surface area contributed by atoms with Crippen LogP contribution in [0.15, 0.2) is 18.2 Å². The van der Waals surface area contributed by atoms with Gasteiger partial charge in [-0.1, -0.05) is 31.5 Å². The van der Waals surface area contributed by atoms with Crippen molar-refractivity contribution in [1.82, 2.24) is 9.78 Å². The van der Waals surface area contributed by atoms with Crippen LogP contribution in [0, 0.1) is 19.8 Å². The van der Waals surface area contributed by atoms with Gasteiger partial charge in [-0.05, 0) is 57.1 Å². The average molecular weight is 297 g/mol. The Labute approximate surface area is 133 Å². The van der Waals surface area contributed by atoms with Gasteiger partial charge in [0, 0.05) is 12.1 Å². The Hall–Kier alpha value is -1.77. The molecule has 0 fully saturated rings. The molecule has 2 aromatic rings. The number of anilines is 1. The molecule has 0 bridgehead atoms. The molecule has 3 heteroatoms. The Morgan fingerprint density at radius 1 is 1.23 bits per heavy atom. The first-order valence-corrected chi connectivity index (χ1v) is 8.48. The molecule has 2 heterocycles. The van der Waals surface area contributed by atoms with Crippen LogP contribution in [0.25, 0.3) is 5.69 Å². The molecule has 1 aliphatic heterocycles. The van der Waals surface area contributed by atoms with Crippen LogP contribution in [0.2, 0.25) is 0 Å². The van der Waals surface area contributed by atoms with Gasteiger partial charge >= 0.3 is 0 Å². The Balaban J connectivity index is 2.12. The van der Waals surface area contributed by atoms with Crippen molar-refractivity contribution in [2.24, 2.45) is 5.92 Å². The largest absolute Gasteiger partial charge is 0.370 e. The number of fused-ring (bicyclic) bond motifs is 1. The maximum Gasteiger partial charge on any atom is 0.133 e. The van der Waals surface area contributed by atoms with Crippen LogP contribution in [0.4, 0.5) is 5.82 Å². The molecule has 0 aliphatic carbocycles. The molecule has 0 saturated heterocycles. The molecule has 1 aromatic heterocycles. The highest BCUT2D eigenvalue weighted by Gasteiger charge is 2.21. The zero-order chi connectivity index (χ0) is 15.7. The van der Waals surface area contributed by atoms with Gasteiger partial charge in [-0.25, -0.2) is 4.68 Å². The van der Waals surface area contributed by atoms with E-state index in [2.05, 4.69) is 55.9 Å². The van der Waals surface area contributed by atoms with Crippen LogP contribution in [0.1, 0.15) is 49.1 Å². The zero-order valence-electron chi connectivity index (χ0n) is 14.2. The molecular weight excluding hydrogens is 270 g/mol. The number of aromatic nitrogens is 2. The molecule has 1 N–H and O–H groups in total. The molecule has 118 valence electrons. The Morgan fingerprint density at radius 2 is 2.05 bits per heavy atom. The lowest BCUT2D eigenvalue weighted by atomic mass is 10.0. The molecule has 1 aromatic carbocycles. The molecule has 0 radical (unpaired) electrons. The van der Waals surface area contributed by atoms with Gasteiger partial charge in [0.2, 0.25) is 0 Å². The monoisotopic (exact) mass is 297 g/mol. The fourth-order valence-electron chi connectivity index (χ4n) is 3.34. The predicted molar refractivity (Wildman–Crippen MR) is 93.0 cm³/mol. The lowest BCUT2D eigenvalue weighted by Crippen LogP contribution is -2.08. The van der Waals surface area contributed by atoms with E-state index in [0.717, 1.165) is 19.4 Å². The van der Waals surface area contributed by atoms with Gasteiger partial charge < -0.3 is 5.32 Å². The van der Waals surface area contributed by atoms with Gasteiger partial charge in [0.1, 0.15) is 5.82 Å². The Morgan fingerprint density at radius 3 is 2.77 bits per heavy atom. The molecule has 3 rings (SSSR count). The van der Waals surface area contributed by atoms with Crippen LogP contribution < -0.4 is 5.32 Å². The second-order valence-corrected chi connectivity index (χ2v) is 6.96. The number of hydrogen-bond acceptors (Lipinski definition) is 2. The van der Waals surface area contributed by atoms with Gasteiger partial charge in [-0.15, -0.1) is 0 Å². The number of aryl methyl sites for hydroxylation is 2. The third-order valence-corrected chi connectivity index (χ3v) is 4.39. The lowest BCUT2D eigenvalue weighted by molar-refractivity contribution is 0.621.